The van der Waals surface area contributed by atoms with Gasteiger partial charge >= 0.3 is 6.09 Å². The van der Waals surface area contributed by atoms with Crippen molar-refractivity contribution in [1.29, 1.82) is 0 Å². The molecule has 0 atom stereocenters. The zero-order valence-electron chi connectivity index (χ0n) is 33.2. The maximum absolute atomic E-state index is 14.6. The standard InChI is InChI=1S/C41H55ClN3O6S2/c1-23-20-35(42)21-34-22-51-41(46)45(38(23)34,36-12-16-43(17-13-36)52(47,48)39-30(8)26(4)24(2)27(5)31(39)9)37-14-18-44(19-15-37)53(49,50)40-32(10)28(6)25(3)29(7)33(40)11/h20-21,36-37H,12-19,22H2,1-11H3/q+1. The summed E-state index contributed by atoms with van der Waals surface area (Å²) in [5, 5.41) is 0.558. The molecule has 9 nitrogen and oxygen atoms in total. The molecule has 3 aromatic rings. The third-order valence-corrected chi connectivity index (χ3v) is 18.0. The van der Waals surface area contributed by atoms with E-state index in [-0.39, 0.29) is 55.4 Å². The van der Waals surface area contributed by atoms with Gasteiger partial charge in [-0.1, -0.05) is 11.6 Å². The van der Waals surface area contributed by atoms with Gasteiger partial charge in [0.1, 0.15) is 18.7 Å². The molecular formula is C41H55ClN3O6S2+. The molecule has 0 aromatic heterocycles. The van der Waals surface area contributed by atoms with Gasteiger partial charge in [0, 0.05) is 62.4 Å². The van der Waals surface area contributed by atoms with Crippen LogP contribution in [-0.2, 0) is 31.4 Å². The number of sulfonamides is 2. The van der Waals surface area contributed by atoms with E-state index in [1.54, 1.807) is 8.61 Å². The number of nitrogens with zero attached hydrogens (tertiary/aromatic N) is 3. The van der Waals surface area contributed by atoms with Crippen LogP contribution < -0.4 is 4.48 Å². The van der Waals surface area contributed by atoms with Gasteiger partial charge in [0.2, 0.25) is 20.0 Å². The van der Waals surface area contributed by atoms with E-state index in [0.29, 0.717) is 40.5 Å². The fraction of sp³-hybridized carbons (Fsp3) is 0.537. The molecule has 53 heavy (non-hydrogen) atoms. The van der Waals surface area contributed by atoms with Gasteiger partial charge in [-0.25, -0.2) is 16.8 Å². The van der Waals surface area contributed by atoms with E-state index >= 15 is 0 Å². The Morgan fingerprint density at radius 3 is 1.28 bits per heavy atom. The maximum Gasteiger partial charge on any atom is 0.522 e. The van der Waals surface area contributed by atoms with Gasteiger partial charge in [-0.15, -0.1) is 0 Å². The Morgan fingerprint density at radius 2 is 0.925 bits per heavy atom. The highest BCUT2D eigenvalue weighted by Crippen LogP contribution is 2.48. The number of ether oxygens (including phenoxy) is 1. The third-order valence-electron chi connectivity index (χ3n) is 13.4. The van der Waals surface area contributed by atoms with Crippen LogP contribution in [0.25, 0.3) is 0 Å². The van der Waals surface area contributed by atoms with Crippen LogP contribution in [0.3, 0.4) is 0 Å². The Hall–Kier alpha value is -2.80. The van der Waals surface area contributed by atoms with Crippen molar-refractivity contribution in [1.82, 2.24) is 13.1 Å². The molecular weight excluding hydrogens is 730 g/mol. The van der Waals surface area contributed by atoms with Crippen LogP contribution in [0.5, 0.6) is 0 Å². The highest BCUT2D eigenvalue weighted by Gasteiger charge is 2.59. The number of quaternary nitrogens is 1. The summed E-state index contributed by atoms with van der Waals surface area (Å²) in [5.74, 6) is 0. The first-order chi connectivity index (χ1) is 24.7. The summed E-state index contributed by atoms with van der Waals surface area (Å²) >= 11 is 6.56. The Bertz CT molecular complexity index is 2070. The number of hydrogen-bond donors (Lipinski definition) is 0. The summed E-state index contributed by atoms with van der Waals surface area (Å²) in [6.07, 6.45) is 1.40. The van der Waals surface area contributed by atoms with Crippen molar-refractivity contribution >= 4 is 43.4 Å². The number of benzene rings is 3. The van der Waals surface area contributed by atoms with E-state index in [4.69, 9.17) is 16.3 Å². The maximum atomic E-state index is 14.6. The van der Waals surface area contributed by atoms with E-state index in [2.05, 4.69) is 0 Å². The molecule has 0 spiro atoms. The van der Waals surface area contributed by atoms with Gasteiger partial charge in [0.05, 0.1) is 15.4 Å². The molecule has 12 heteroatoms. The molecule has 0 aliphatic carbocycles. The van der Waals surface area contributed by atoms with Gasteiger partial charge in [-0.05, 0) is 144 Å². The first kappa shape index (κ1) is 39.9. The Labute approximate surface area is 322 Å². The van der Waals surface area contributed by atoms with Crippen molar-refractivity contribution in [3.8, 4) is 0 Å². The summed E-state index contributed by atoms with van der Waals surface area (Å²) < 4.78 is 66.6. The van der Waals surface area contributed by atoms with Crippen LogP contribution in [0.4, 0.5) is 10.5 Å². The van der Waals surface area contributed by atoms with Crippen molar-refractivity contribution in [3.05, 3.63) is 83.9 Å². The molecule has 2 saturated heterocycles. The van der Waals surface area contributed by atoms with Gasteiger partial charge in [-0.2, -0.15) is 17.9 Å². The number of carbonyl (C=O) groups excluding carboxylic acids is 1. The summed E-state index contributed by atoms with van der Waals surface area (Å²) in [4.78, 5) is 15.3. The number of cyclic esters (lactones) is 1. The zero-order valence-corrected chi connectivity index (χ0v) is 35.5. The second-order valence-corrected chi connectivity index (χ2v) is 19.9. The van der Waals surface area contributed by atoms with Crippen LogP contribution in [0, 0.1) is 76.2 Å². The van der Waals surface area contributed by atoms with Gasteiger partial charge in [-0.3, -0.25) is 0 Å². The molecule has 0 N–H and O–H groups in total. The van der Waals surface area contributed by atoms with E-state index < -0.39 is 20.0 Å². The van der Waals surface area contributed by atoms with Crippen molar-refractivity contribution in [2.45, 2.75) is 130 Å². The molecule has 2 fully saturated rings. The zero-order chi connectivity index (χ0) is 39.1. The summed E-state index contributed by atoms with van der Waals surface area (Å²) in [5.41, 5.74) is 11.8. The average molecular weight is 785 g/mol. The smallest absolute Gasteiger partial charge is 0.415 e. The fourth-order valence-electron chi connectivity index (χ4n) is 9.69. The molecule has 6 rings (SSSR count). The first-order valence-electron chi connectivity index (χ1n) is 18.7. The van der Waals surface area contributed by atoms with Crippen LogP contribution in [0.2, 0.25) is 5.02 Å². The molecule has 0 radical (unpaired) electrons. The lowest BCUT2D eigenvalue weighted by atomic mass is 9.89. The average Bonchev–Trinajstić information content (AvgIpc) is 3.11. The van der Waals surface area contributed by atoms with E-state index in [1.807, 2.05) is 88.3 Å². The third kappa shape index (κ3) is 6.09. The first-order valence-corrected chi connectivity index (χ1v) is 22.0. The van der Waals surface area contributed by atoms with E-state index in [0.717, 1.165) is 72.4 Å². The minimum absolute atomic E-state index is 0.0816. The topological polar surface area (TPSA) is 101 Å². The SMILES string of the molecule is Cc1cc(Cl)cc2c1[N+](C1CCN(S(=O)(=O)c3c(C)c(C)c(C)c(C)c3C)CC1)(C1CCN(S(=O)(=O)c3c(C)c(C)c(C)c(C)c3C)CC1)C(=O)OC2. The van der Waals surface area contributed by atoms with Crippen LogP contribution in [0.1, 0.15) is 92.4 Å². The molecule has 288 valence electrons. The van der Waals surface area contributed by atoms with Gasteiger partial charge in [0.15, 0.2) is 5.69 Å². The number of aryl methyl sites for hydroxylation is 1. The molecule has 0 unspecified atom stereocenters. The summed E-state index contributed by atoms with van der Waals surface area (Å²) in [6.45, 7) is 22.6. The number of hydrogen-bond acceptors (Lipinski definition) is 6. The lowest BCUT2D eigenvalue weighted by Gasteiger charge is -2.52. The molecule has 0 saturated carbocycles. The quantitative estimate of drug-likeness (QED) is 0.233. The van der Waals surface area contributed by atoms with Crippen molar-refractivity contribution in [2.75, 3.05) is 26.2 Å². The fourth-order valence-corrected chi connectivity index (χ4v) is 14.0. The molecule has 3 aromatic carbocycles. The lowest BCUT2D eigenvalue weighted by Crippen LogP contribution is -2.71. The minimum atomic E-state index is -3.82. The highest BCUT2D eigenvalue weighted by atomic mass is 35.5. The Morgan fingerprint density at radius 1 is 0.585 bits per heavy atom. The Kier molecular flexibility index (Phi) is 10.6. The van der Waals surface area contributed by atoms with Crippen molar-refractivity contribution < 1.29 is 26.4 Å². The molecule has 3 aliphatic heterocycles. The predicted octanol–water partition coefficient (Wildman–Crippen LogP) is 8.40. The largest absolute Gasteiger partial charge is 0.522 e. The van der Waals surface area contributed by atoms with Crippen molar-refractivity contribution in [2.24, 2.45) is 0 Å². The molecule has 3 heterocycles. The van der Waals surface area contributed by atoms with E-state index in [1.165, 1.54) is 0 Å². The number of halogens is 1. The van der Waals surface area contributed by atoms with Crippen molar-refractivity contribution in [3.63, 3.8) is 0 Å². The minimum Gasteiger partial charge on any atom is -0.415 e. The normalized spacial score (nSPS) is 19.4. The van der Waals surface area contributed by atoms with Gasteiger partial charge in [0.25, 0.3) is 0 Å². The number of fused-ring (bicyclic) bond motifs is 1. The number of piperidine rings is 2. The second kappa shape index (κ2) is 14.0. The van der Waals surface area contributed by atoms with Gasteiger partial charge < -0.3 is 4.74 Å². The monoisotopic (exact) mass is 784 g/mol. The van der Waals surface area contributed by atoms with Crippen LogP contribution in [-0.4, -0.2) is 69.8 Å². The predicted molar refractivity (Wildman–Crippen MR) is 212 cm³/mol. The number of amides is 1. The lowest BCUT2D eigenvalue weighted by molar-refractivity contribution is 0.0266. The van der Waals surface area contributed by atoms with E-state index in [9.17, 15) is 21.6 Å². The summed E-state index contributed by atoms with van der Waals surface area (Å²) in [6, 6.07) is 3.18. The number of rotatable bonds is 6. The number of carbonyl (C=O) groups is 1. The molecule has 3 aliphatic rings. The van der Waals surface area contributed by atoms with Crippen LogP contribution in [0.15, 0.2) is 21.9 Å². The highest BCUT2D eigenvalue weighted by molar-refractivity contribution is 7.89. The Balaban J connectivity index is 1.37. The summed E-state index contributed by atoms with van der Waals surface area (Å²) in [7, 11) is -7.64. The van der Waals surface area contributed by atoms with Crippen LogP contribution >= 0.6 is 11.6 Å². The molecule has 0 bridgehead atoms. The second-order valence-electron chi connectivity index (χ2n) is 15.7. The molecule has 1 amide bonds.